The predicted molar refractivity (Wildman–Crippen MR) is 88.3 cm³/mol. The van der Waals surface area contributed by atoms with Gasteiger partial charge in [-0.05, 0) is 38.5 Å². The van der Waals surface area contributed by atoms with Crippen molar-refractivity contribution in [2.45, 2.75) is 38.7 Å². The molecule has 3 N–H and O–H groups in total. The molecule has 1 aliphatic rings. The third-order valence-electron chi connectivity index (χ3n) is 4.91. The maximum Gasteiger partial charge on any atom is 0.160 e. The van der Waals surface area contributed by atoms with E-state index in [1.807, 2.05) is 6.92 Å². The van der Waals surface area contributed by atoms with Crippen LogP contribution in [0.1, 0.15) is 42.3 Å². The molecule has 0 amide bonds. The normalized spacial score (nSPS) is 26.0. The average molecular weight is 330 g/mol. The van der Waals surface area contributed by atoms with Crippen LogP contribution >= 0.6 is 0 Å². The molecular weight excluding hydrogens is 308 g/mol. The summed E-state index contributed by atoms with van der Waals surface area (Å²) < 4.78 is 5.20. The zero-order chi connectivity index (χ0) is 17.6. The van der Waals surface area contributed by atoms with Gasteiger partial charge in [0.25, 0.3) is 0 Å². The number of Topliss-reactive ketones (excluding diaryl/α,β-unsaturated/α-hetero) is 1. The lowest BCUT2D eigenvalue weighted by atomic mass is 9.64. The standard InChI is InChI=1S/C18H22N2O4/c1-9-15-12(20-19-9)8-18(3,23)17(10(2)21)16(15)11-5-6-13(22)14(7-11)24-4/h5-7,16-17,22-23H,8H2,1-4H3,(H,19,20)/t16-,17+,18-/m1/s1. The molecule has 0 spiro atoms. The molecule has 0 radical (unpaired) electrons. The zero-order valence-corrected chi connectivity index (χ0v) is 14.3. The van der Waals surface area contributed by atoms with Crippen molar-refractivity contribution in [2.24, 2.45) is 5.92 Å². The number of carbonyl (C=O) groups is 1. The minimum atomic E-state index is -1.20. The SMILES string of the molecule is COc1cc([C@@H]2c3c(n[nH]c3C)C[C@@](C)(O)[C@H]2C(C)=O)ccc1O. The molecule has 0 saturated heterocycles. The lowest BCUT2D eigenvalue weighted by Crippen LogP contribution is -2.48. The van der Waals surface area contributed by atoms with E-state index in [0.717, 1.165) is 22.5 Å². The first kappa shape index (κ1) is 16.5. The second-order valence-electron chi connectivity index (χ2n) is 6.74. The predicted octanol–water partition coefficient (Wildman–Crippen LogP) is 2.08. The molecule has 6 heteroatoms. The second kappa shape index (κ2) is 5.63. The maximum atomic E-state index is 12.4. The van der Waals surface area contributed by atoms with Gasteiger partial charge in [0.05, 0.1) is 24.3 Å². The summed E-state index contributed by atoms with van der Waals surface area (Å²) in [5, 5.41) is 28.0. The fraction of sp³-hybridized carbons (Fsp3) is 0.444. The Morgan fingerprint density at radius 3 is 2.79 bits per heavy atom. The van der Waals surface area contributed by atoms with Crippen molar-refractivity contribution in [1.29, 1.82) is 0 Å². The summed E-state index contributed by atoms with van der Waals surface area (Å²) in [6, 6.07) is 5.02. The zero-order valence-electron chi connectivity index (χ0n) is 14.3. The first-order valence-corrected chi connectivity index (χ1v) is 7.89. The van der Waals surface area contributed by atoms with Crippen LogP contribution in [0, 0.1) is 12.8 Å². The number of fused-ring (bicyclic) bond motifs is 1. The number of phenolic OH excluding ortho intramolecular Hbond substituents is 1. The van der Waals surface area contributed by atoms with Crippen LogP contribution in [0.4, 0.5) is 0 Å². The van der Waals surface area contributed by atoms with Gasteiger partial charge in [-0.15, -0.1) is 0 Å². The third-order valence-corrected chi connectivity index (χ3v) is 4.91. The Morgan fingerprint density at radius 1 is 1.46 bits per heavy atom. The van der Waals surface area contributed by atoms with Crippen LogP contribution < -0.4 is 4.74 Å². The molecular formula is C18H22N2O4. The maximum absolute atomic E-state index is 12.4. The van der Waals surface area contributed by atoms with E-state index in [1.165, 1.54) is 14.0 Å². The van der Waals surface area contributed by atoms with Crippen LogP contribution in [0.3, 0.4) is 0 Å². The number of aromatic hydroxyl groups is 1. The van der Waals surface area contributed by atoms with E-state index in [-0.39, 0.29) is 17.5 Å². The average Bonchev–Trinajstić information content (AvgIpc) is 2.85. The Hall–Kier alpha value is -2.34. The number of benzene rings is 1. The summed E-state index contributed by atoms with van der Waals surface area (Å²) in [6.45, 7) is 5.09. The fourth-order valence-electron chi connectivity index (χ4n) is 3.93. The monoisotopic (exact) mass is 330 g/mol. The van der Waals surface area contributed by atoms with Gasteiger partial charge in [-0.2, -0.15) is 5.10 Å². The number of aromatic amines is 1. The van der Waals surface area contributed by atoms with E-state index in [2.05, 4.69) is 10.2 Å². The number of aromatic nitrogens is 2. The highest BCUT2D eigenvalue weighted by Crippen LogP contribution is 2.47. The largest absolute Gasteiger partial charge is 0.504 e. The number of hydrogen-bond acceptors (Lipinski definition) is 5. The van der Waals surface area contributed by atoms with Gasteiger partial charge in [-0.3, -0.25) is 9.89 Å². The quantitative estimate of drug-likeness (QED) is 0.801. The lowest BCUT2D eigenvalue weighted by Gasteiger charge is -2.41. The third kappa shape index (κ3) is 2.47. The van der Waals surface area contributed by atoms with Gasteiger partial charge in [-0.25, -0.2) is 0 Å². The van der Waals surface area contributed by atoms with Crippen LogP contribution in [0.5, 0.6) is 11.5 Å². The minimum absolute atomic E-state index is 0.0346. The van der Waals surface area contributed by atoms with Crippen molar-refractivity contribution in [3.63, 3.8) is 0 Å². The van der Waals surface area contributed by atoms with Gasteiger partial charge in [0.15, 0.2) is 11.5 Å². The molecule has 3 rings (SSSR count). The van der Waals surface area contributed by atoms with Crippen molar-refractivity contribution in [3.8, 4) is 11.5 Å². The highest BCUT2D eigenvalue weighted by molar-refractivity contribution is 5.82. The van der Waals surface area contributed by atoms with E-state index < -0.39 is 11.5 Å². The molecule has 1 aliphatic carbocycles. The van der Waals surface area contributed by atoms with E-state index >= 15 is 0 Å². The number of methoxy groups -OCH3 is 1. The van der Waals surface area contributed by atoms with E-state index in [0.29, 0.717) is 12.2 Å². The van der Waals surface area contributed by atoms with Crippen LogP contribution in [0.15, 0.2) is 18.2 Å². The van der Waals surface area contributed by atoms with Crippen LogP contribution in [0.2, 0.25) is 0 Å². The molecule has 0 unspecified atom stereocenters. The molecule has 1 aromatic carbocycles. The molecule has 1 aromatic heterocycles. The minimum Gasteiger partial charge on any atom is -0.504 e. The van der Waals surface area contributed by atoms with Gasteiger partial charge in [-0.1, -0.05) is 6.07 Å². The Labute approximate surface area is 140 Å². The number of nitrogens with zero attached hydrogens (tertiary/aromatic N) is 1. The number of H-pyrrole nitrogens is 1. The number of aryl methyl sites for hydroxylation is 1. The Kier molecular flexibility index (Phi) is 3.87. The molecule has 6 nitrogen and oxygen atoms in total. The van der Waals surface area contributed by atoms with E-state index in [4.69, 9.17) is 4.74 Å². The topological polar surface area (TPSA) is 95.4 Å². The Balaban J connectivity index is 2.24. The number of ketones is 1. The first-order chi connectivity index (χ1) is 11.3. The molecule has 0 saturated carbocycles. The molecule has 3 atom stereocenters. The molecule has 2 aromatic rings. The number of ether oxygens (including phenoxy) is 1. The fourth-order valence-corrected chi connectivity index (χ4v) is 3.93. The molecule has 0 bridgehead atoms. The lowest BCUT2D eigenvalue weighted by molar-refractivity contribution is -0.130. The number of phenols is 1. The van der Waals surface area contributed by atoms with Gasteiger partial charge in [0, 0.05) is 23.6 Å². The van der Waals surface area contributed by atoms with Crippen LogP contribution in [-0.4, -0.2) is 38.9 Å². The highest BCUT2D eigenvalue weighted by atomic mass is 16.5. The van der Waals surface area contributed by atoms with E-state index in [9.17, 15) is 15.0 Å². The summed E-state index contributed by atoms with van der Waals surface area (Å²) in [7, 11) is 1.48. The van der Waals surface area contributed by atoms with Crippen molar-refractivity contribution in [2.75, 3.05) is 7.11 Å². The summed E-state index contributed by atoms with van der Waals surface area (Å²) in [5.74, 6) is -0.664. The van der Waals surface area contributed by atoms with Gasteiger partial charge >= 0.3 is 0 Å². The summed E-state index contributed by atoms with van der Waals surface area (Å²) >= 11 is 0. The van der Waals surface area contributed by atoms with Gasteiger partial charge < -0.3 is 14.9 Å². The van der Waals surface area contributed by atoms with Gasteiger partial charge in [0.1, 0.15) is 5.78 Å². The number of nitrogens with one attached hydrogen (secondary N) is 1. The second-order valence-corrected chi connectivity index (χ2v) is 6.74. The van der Waals surface area contributed by atoms with Crippen LogP contribution in [0.25, 0.3) is 0 Å². The smallest absolute Gasteiger partial charge is 0.160 e. The van der Waals surface area contributed by atoms with Crippen molar-refractivity contribution < 1.29 is 19.7 Å². The Morgan fingerprint density at radius 2 is 2.17 bits per heavy atom. The molecule has 0 fully saturated rings. The molecule has 1 heterocycles. The summed E-state index contributed by atoms with van der Waals surface area (Å²) in [5.41, 5.74) is 2.19. The molecule has 128 valence electrons. The molecule has 0 aliphatic heterocycles. The number of rotatable bonds is 3. The summed E-state index contributed by atoms with van der Waals surface area (Å²) in [4.78, 5) is 12.4. The van der Waals surface area contributed by atoms with Gasteiger partial charge in [0.2, 0.25) is 0 Å². The number of carbonyl (C=O) groups excluding carboxylic acids is 1. The van der Waals surface area contributed by atoms with Crippen LogP contribution in [-0.2, 0) is 11.2 Å². The van der Waals surface area contributed by atoms with Crippen molar-refractivity contribution in [3.05, 3.63) is 40.7 Å². The van der Waals surface area contributed by atoms with E-state index in [1.54, 1.807) is 25.1 Å². The number of aliphatic hydroxyl groups is 1. The van der Waals surface area contributed by atoms with Crippen molar-refractivity contribution >= 4 is 5.78 Å². The first-order valence-electron chi connectivity index (χ1n) is 7.89. The number of hydrogen-bond donors (Lipinski definition) is 3. The van der Waals surface area contributed by atoms with Crippen molar-refractivity contribution in [1.82, 2.24) is 10.2 Å². The summed E-state index contributed by atoms with van der Waals surface area (Å²) in [6.07, 6.45) is 0.322. The molecule has 24 heavy (non-hydrogen) atoms. The highest BCUT2D eigenvalue weighted by Gasteiger charge is 2.48. The Bertz CT molecular complexity index is 794.